The van der Waals surface area contributed by atoms with Crippen LogP contribution in [0.1, 0.15) is 29.5 Å². The van der Waals surface area contributed by atoms with E-state index in [0.717, 1.165) is 22.0 Å². The topological polar surface area (TPSA) is 257 Å². The van der Waals surface area contributed by atoms with Crippen LogP contribution in [-0.4, -0.2) is 70.4 Å². The minimum Gasteiger partial charge on any atom is -0.508 e. The summed E-state index contributed by atoms with van der Waals surface area (Å²) in [6.07, 6.45) is 2.43. The Hall–Kier alpha value is -5.89. The minimum absolute atomic E-state index is 0.0604. The first-order valence-electron chi connectivity index (χ1n) is 16.3. The van der Waals surface area contributed by atoms with Crippen LogP contribution in [-0.2, 0) is 38.4 Å². The smallest absolute Gasteiger partial charge is 0.243 e. The summed E-state index contributed by atoms with van der Waals surface area (Å²) < 4.78 is 7.78. The van der Waals surface area contributed by atoms with E-state index in [0.29, 0.717) is 12.0 Å². The predicted octanol–water partition coefficient (Wildman–Crippen LogP) is 0.222. The summed E-state index contributed by atoms with van der Waals surface area (Å²) in [7, 11) is 0. The molecule has 4 aromatic rings. The molecule has 1 heterocycles. The Labute approximate surface area is 285 Å². The molecule has 49 heavy (non-hydrogen) atoms. The van der Waals surface area contributed by atoms with Gasteiger partial charge in [-0.1, -0.05) is 60.7 Å². The quantitative estimate of drug-likeness (QED) is 0.0401. The highest BCUT2D eigenvalue weighted by atomic mass is 16.3. The van der Waals surface area contributed by atoms with Gasteiger partial charge in [0.05, 0.1) is 6.04 Å². The number of hydrogen-bond donors (Lipinski definition) is 9. The predicted molar refractivity (Wildman–Crippen MR) is 187 cm³/mol. The number of carbonyl (C=O) groups is 4. The molecule has 0 fully saturated rings. The second kappa shape index (κ2) is 17.3. The van der Waals surface area contributed by atoms with Crippen molar-refractivity contribution in [1.29, 1.82) is 0 Å². The Morgan fingerprint density at radius 3 is 2.08 bits per heavy atom. The number of aromatic nitrogens is 1. The highest BCUT2D eigenvalue weighted by Gasteiger charge is 2.30. The second-order valence-corrected chi connectivity index (χ2v) is 11.7. The van der Waals surface area contributed by atoms with Crippen LogP contribution in [0, 0.1) is 0 Å². The van der Waals surface area contributed by atoms with E-state index in [-0.39, 0.29) is 43.9 Å². The lowest BCUT2D eigenvalue weighted by Gasteiger charge is -2.25. The highest BCUT2D eigenvalue weighted by molar-refractivity contribution is 5.95. The number of para-hydroxylation sites is 1. The van der Waals surface area contributed by atoms with Gasteiger partial charge in [-0.25, -0.2) is 0 Å². The fourth-order valence-electron chi connectivity index (χ4n) is 5.35. The Bertz CT molecular complexity index is 1780. The zero-order valence-corrected chi connectivity index (χ0v) is 26.9. The molecule has 0 saturated heterocycles. The van der Waals surface area contributed by atoms with Crippen molar-refractivity contribution < 1.29 is 25.7 Å². The Morgan fingerprint density at radius 1 is 0.755 bits per heavy atom. The van der Waals surface area contributed by atoms with Crippen LogP contribution in [0.4, 0.5) is 0 Å². The molecule has 0 spiro atoms. The number of phenolic OH excluding ortho intramolecular Hbond substituents is 1. The van der Waals surface area contributed by atoms with Gasteiger partial charge in [0.25, 0.3) is 0 Å². The maximum atomic E-state index is 13.9. The number of carbonyl (C=O) groups excluding carboxylic acids is 4. The van der Waals surface area contributed by atoms with Gasteiger partial charge in [0.1, 0.15) is 25.3 Å². The lowest BCUT2D eigenvalue weighted by Crippen LogP contribution is -2.58. The molecule has 3 aromatic carbocycles. The number of nitrogens with two attached hydrogens (primary N) is 4. The summed E-state index contributed by atoms with van der Waals surface area (Å²) in [6.45, 7) is 0.175. The molecule has 13 N–H and O–H groups in total. The zero-order valence-electron chi connectivity index (χ0n) is 27.9. The number of primary amides is 1. The number of benzene rings is 3. The number of H-pyrrole nitrogens is 1. The van der Waals surface area contributed by atoms with Crippen molar-refractivity contribution in [2.75, 3.05) is 6.54 Å². The molecule has 0 aliphatic rings. The molecule has 14 nitrogen and oxygen atoms in total. The third-order valence-electron chi connectivity index (χ3n) is 7.95. The monoisotopic (exact) mass is 670 g/mol. The molecule has 258 valence electrons. The van der Waals surface area contributed by atoms with Crippen LogP contribution >= 0.6 is 0 Å². The van der Waals surface area contributed by atoms with Crippen molar-refractivity contribution in [3.8, 4) is 5.75 Å². The van der Waals surface area contributed by atoms with E-state index < -0.39 is 47.8 Å². The third kappa shape index (κ3) is 10.8. The van der Waals surface area contributed by atoms with Crippen LogP contribution in [0.2, 0.25) is 1.41 Å². The van der Waals surface area contributed by atoms with E-state index in [2.05, 4.69) is 31.7 Å². The summed E-state index contributed by atoms with van der Waals surface area (Å²) in [6, 6.07) is 18.3. The van der Waals surface area contributed by atoms with Crippen LogP contribution in [0.15, 0.2) is 90.1 Å². The molecule has 4 rings (SSSR count). The molecule has 0 bridgehead atoms. The standard InChI is InChI=1S/C35H43N9O5/c36-26(17-22-12-14-24(45)15-13-22)32(47)44-30(18-21-7-2-1-3-8-21)34(49)42-28(11-6-16-40-35(38)39)33(48)43-29(31(37)46)19-23-20-41-27-10-5-4-9-25(23)27/h1-5,7-10,12-15,20,26,28-30,41,45H,6,11,16-19,36H2,(H2,37,46)(H,42,49)(H,43,48)(H,44,47)(H4,38,39,40)/t26-,28-,29-,30-/m0/s1/i/hD. The fourth-order valence-corrected chi connectivity index (χ4v) is 5.35. The van der Waals surface area contributed by atoms with Crippen LogP contribution in [0.5, 0.6) is 5.75 Å². The molecule has 0 radical (unpaired) electrons. The Kier molecular flexibility index (Phi) is 12.2. The summed E-state index contributed by atoms with van der Waals surface area (Å²) in [4.78, 5) is 60.7. The van der Waals surface area contributed by atoms with E-state index in [9.17, 15) is 24.3 Å². The SMILES string of the molecule is [2H]N[C@@H](Cc1ccc(O)cc1)C(=O)N[C@@H](Cc1ccccc1)C(=O)N[C@@H](CCCN=C(N)N)C(=O)N[C@@H](Cc1c[nH]c2ccccc12)C(N)=O. The Morgan fingerprint density at radius 2 is 1.39 bits per heavy atom. The normalized spacial score (nSPS) is 13.7. The number of rotatable bonds is 18. The summed E-state index contributed by atoms with van der Waals surface area (Å²) in [5.74, 6) is -2.76. The number of nitrogens with one attached hydrogen (secondary N) is 4. The first kappa shape index (κ1) is 34.4. The average molecular weight is 671 g/mol. The summed E-state index contributed by atoms with van der Waals surface area (Å²) in [5.41, 5.74) is 21.9. The van der Waals surface area contributed by atoms with Gasteiger partial charge in [-0.3, -0.25) is 24.2 Å². The second-order valence-electron chi connectivity index (χ2n) is 11.7. The van der Waals surface area contributed by atoms with Crippen molar-refractivity contribution in [2.45, 2.75) is 56.3 Å². The van der Waals surface area contributed by atoms with Gasteiger partial charge < -0.3 is 49.0 Å². The van der Waals surface area contributed by atoms with Gasteiger partial charge in [0, 0.05) is 36.5 Å². The zero-order chi connectivity index (χ0) is 36.0. The molecular formula is C35H43N9O5. The van der Waals surface area contributed by atoms with Crippen molar-refractivity contribution in [1.82, 2.24) is 20.9 Å². The van der Waals surface area contributed by atoms with Crippen LogP contribution in [0.25, 0.3) is 10.9 Å². The maximum Gasteiger partial charge on any atom is 0.243 e. The van der Waals surface area contributed by atoms with Gasteiger partial charge in [-0.15, -0.1) is 0 Å². The number of aliphatic imine (C=N–C) groups is 1. The molecule has 0 aliphatic heterocycles. The first-order chi connectivity index (χ1) is 24.0. The van der Waals surface area contributed by atoms with Crippen molar-refractivity contribution in [3.63, 3.8) is 0 Å². The number of fused-ring (bicyclic) bond motifs is 1. The van der Waals surface area contributed by atoms with E-state index in [1.165, 1.54) is 12.1 Å². The number of aromatic hydroxyl groups is 1. The lowest BCUT2D eigenvalue weighted by atomic mass is 10.0. The average Bonchev–Trinajstić information content (AvgIpc) is 3.51. The lowest BCUT2D eigenvalue weighted by molar-refractivity contribution is -0.133. The molecule has 0 aliphatic carbocycles. The third-order valence-corrected chi connectivity index (χ3v) is 7.95. The molecule has 1 aromatic heterocycles. The van der Waals surface area contributed by atoms with E-state index in [1.807, 2.05) is 30.3 Å². The molecule has 0 saturated carbocycles. The van der Waals surface area contributed by atoms with E-state index in [1.54, 1.807) is 42.6 Å². The Balaban J connectivity index is 1.53. The van der Waals surface area contributed by atoms with E-state index in [4.69, 9.17) is 18.6 Å². The van der Waals surface area contributed by atoms with Gasteiger partial charge in [-0.05, 0) is 54.2 Å². The van der Waals surface area contributed by atoms with Crippen molar-refractivity contribution >= 4 is 40.5 Å². The number of phenols is 1. The van der Waals surface area contributed by atoms with Crippen LogP contribution < -0.4 is 38.9 Å². The fraction of sp³-hybridized carbons (Fsp3) is 0.286. The van der Waals surface area contributed by atoms with Gasteiger partial charge >= 0.3 is 0 Å². The molecule has 0 unspecified atom stereocenters. The largest absolute Gasteiger partial charge is 0.508 e. The summed E-state index contributed by atoms with van der Waals surface area (Å²) >= 11 is 0. The maximum absolute atomic E-state index is 13.9. The van der Waals surface area contributed by atoms with Gasteiger partial charge in [-0.2, -0.15) is 0 Å². The molecular weight excluding hydrogens is 626 g/mol. The van der Waals surface area contributed by atoms with E-state index >= 15 is 0 Å². The van der Waals surface area contributed by atoms with Crippen molar-refractivity contribution in [2.24, 2.45) is 27.9 Å². The minimum atomic E-state index is -1.15. The van der Waals surface area contributed by atoms with Crippen molar-refractivity contribution in [3.05, 3.63) is 102 Å². The van der Waals surface area contributed by atoms with Gasteiger partial charge in [0.2, 0.25) is 23.6 Å². The highest BCUT2D eigenvalue weighted by Crippen LogP contribution is 2.19. The first-order valence-corrected chi connectivity index (χ1v) is 15.8. The van der Waals surface area contributed by atoms with Crippen LogP contribution in [0.3, 0.4) is 0 Å². The number of aromatic amines is 1. The number of hydrogen-bond acceptors (Lipinski definition) is 7. The molecule has 14 heteroatoms. The molecule has 4 atom stereocenters. The number of nitrogens with zero attached hydrogens (tertiary/aromatic N) is 1. The van der Waals surface area contributed by atoms with Gasteiger partial charge in [0.15, 0.2) is 5.96 Å². The summed E-state index contributed by atoms with van der Waals surface area (Å²) in [5, 5.41) is 18.7. The molecule has 4 amide bonds. The number of guanidine groups is 1. The number of amides is 4.